The summed E-state index contributed by atoms with van der Waals surface area (Å²) in [5.74, 6) is 0. The van der Waals surface area contributed by atoms with Crippen molar-refractivity contribution >= 4 is 17.5 Å². The molecule has 0 aliphatic heterocycles. The minimum atomic E-state index is -2.61. The van der Waals surface area contributed by atoms with Crippen molar-refractivity contribution in [2.45, 2.75) is 0 Å². The second-order valence-electron chi connectivity index (χ2n) is 0.481. The van der Waals surface area contributed by atoms with Crippen LogP contribution in [0.15, 0.2) is 0 Å². The van der Waals surface area contributed by atoms with Crippen LogP contribution in [-0.2, 0) is 11.4 Å². The van der Waals surface area contributed by atoms with Crippen molar-refractivity contribution in [3.63, 3.8) is 0 Å². The van der Waals surface area contributed by atoms with Crippen molar-refractivity contribution in [1.82, 2.24) is 0 Å². The molecule has 0 unspecified atom stereocenters. The van der Waals surface area contributed by atoms with Gasteiger partial charge in [0.05, 0.1) is 0 Å². The summed E-state index contributed by atoms with van der Waals surface area (Å²) in [4.78, 5) is 8.33. The Morgan fingerprint density at radius 1 is 1.30 bits per heavy atom. The molecule has 6 nitrogen and oxygen atoms in total. The van der Waals surface area contributed by atoms with Crippen LogP contribution in [0.25, 0.3) is 0 Å². The molecule has 0 fully saturated rings. The minimum absolute atomic E-state index is 0. The van der Waals surface area contributed by atoms with Crippen molar-refractivity contribution in [1.29, 1.82) is 0 Å². The maximum absolute atomic E-state index is 8.67. The van der Waals surface area contributed by atoms with Crippen LogP contribution in [0.2, 0.25) is 0 Å². The van der Waals surface area contributed by atoms with E-state index in [1.165, 1.54) is 0 Å². The Morgan fingerprint density at radius 2 is 1.30 bits per heavy atom. The molecule has 0 bridgehead atoms. The fourth-order valence-electron chi connectivity index (χ4n) is 0. The van der Waals surface area contributed by atoms with Gasteiger partial charge in [0.25, 0.3) is 11.4 Å². The Bertz CT molecular complexity index is 75.7. The molecule has 0 aromatic rings. The average Bonchev–Trinajstić information content (AvgIpc) is 1.25. The molecule has 50 valence electrons. The molecule has 0 aromatic heterocycles. The van der Waals surface area contributed by atoms with Gasteiger partial charge >= 0.3 is 80.9 Å². The average molecular weight is 204 g/mol. The molecule has 9 heteroatoms. The summed E-state index contributed by atoms with van der Waals surface area (Å²) in [7, 11) is 0. The zero-order valence-corrected chi connectivity index (χ0v) is 11.4. The van der Waals surface area contributed by atoms with Crippen LogP contribution in [0, 0.1) is 0 Å². The first-order valence-corrected chi connectivity index (χ1v) is 2.21. The van der Waals surface area contributed by atoms with E-state index in [1.54, 1.807) is 0 Å². The van der Waals surface area contributed by atoms with Crippen LogP contribution in [0.5, 0.6) is 0 Å². The third-order valence-corrected chi connectivity index (χ3v) is 0. The van der Waals surface area contributed by atoms with Gasteiger partial charge in [0.2, 0.25) is 0 Å². The van der Waals surface area contributed by atoms with E-state index in [9.17, 15) is 0 Å². The van der Waals surface area contributed by atoms with Gasteiger partial charge in [-0.2, -0.15) is 4.21 Å². The van der Waals surface area contributed by atoms with E-state index in [4.69, 9.17) is 28.3 Å². The van der Waals surface area contributed by atoms with Gasteiger partial charge in [-0.05, 0) is 6.16 Å². The number of hydrogen-bond acceptors (Lipinski definition) is 4. The number of carbonyl (C=O) groups is 1. The molecule has 0 radical (unpaired) electrons. The molecule has 0 amide bonds. The summed E-state index contributed by atoms with van der Waals surface area (Å²) < 4.78 is 22.8. The van der Waals surface area contributed by atoms with Crippen molar-refractivity contribution in [3.05, 3.63) is 0 Å². The van der Waals surface area contributed by atoms with Crippen molar-refractivity contribution in [2.24, 2.45) is 0 Å². The number of carboxylic acid groups (broad SMARTS) is 2. The fourth-order valence-corrected chi connectivity index (χ4v) is 0. The minimum Gasteiger partial charge on any atom is -0.652 e. The van der Waals surface area contributed by atoms with Crippen LogP contribution >= 0.6 is 0 Å². The first kappa shape index (κ1) is 22.7. The summed E-state index contributed by atoms with van der Waals surface area (Å²) in [5.41, 5.74) is 0. The number of carbonyl (C=O) groups excluding carboxylic acids is 1. The van der Waals surface area contributed by atoms with E-state index in [0.29, 0.717) is 0 Å². The van der Waals surface area contributed by atoms with Crippen molar-refractivity contribution in [3.8, 4) is 0 Å². The standard InChI is InChI=1S/CH2O3.K.Na.H2O3S/c2-1(3)4;;;1-4(2)3/h(H2,2,3,4);;;(H2,1,2,3)/q;2*+1;/p-2. The topological polar surface area (TPSA) is 121 Å². The van der Waals surface area contributed by atoms with Gasteiger partial charge in [0.1, 0.15) is 0 Å². The van der Waals surface area contributed by atoms with Crippen LogP contribution in [0.1, 0.15) is 0 Å². The predicted molar refractivity (Wildman–Crippen MR) is 18.8 cm³/mol. The van der Waals surface area contributed by atoms with E-state index in [1.807, 2.05) is 0 Å². The molecule has 0 saturated heterocycles. The molecule has 10 heavy (non-hydrogen) atoms. The molecule has 0 aliphatic rings. The number of hydrogen-bond donors (Lipinski definition) is 2. The second-order valence-corrected chi connectivity index (χ2v) is 0.942. The monoisotopic (exact) mass is 204 g/mol. The van der Waals surface area contributed by atoms with E-state index in [-0.39, 0.29) is 80.9 Å². The Balaban J connectivity index is -0.0000000300. The van der Waals surface area contributed by atoms with Gasteiger partial charge in [-0.25, -0.2) is 0 Å². The van der Waals surface area contributed by atoms with Gasteiger partial charge in [-0.15, -0.1) is 0 Å². The molecular weight excluding hydrogens is 202 g/mol. The molecule has 0 aliphatic carbocycles. The molecule has 0 spiro atoms. The Kier molecular flexibility index (Phi) is 38.9. The smallest absolute Gasteiger partial charge is 0.652 e. The summed E-state index contributed by atoms with van der Waals surface area (Å²) in [5, 5.41) is 16.7. The van der Waals surface area contributed by atoms with E-state index >= 15 is 0 Å². The van der Waals surface area contributed by atoms with Crippen LogP contribution in [-0.4, -0.2) is 19.5 Å². The first-order chi connectivity index (χ1) is 3.46. The van der Waals surface area contributed by atoms with E-state index in [2.05, 4.69) is 0 Å². The Morgan fingerprint density at radius 3 is 1.30 bits per heavy atom. The summed E-state index contributed by atoms with van der Waals surface area (Å²) in [6.45, 7) is 0. The number of rotatable bonds is 0. The summed E-state index contributed by atoms with van der Waals surface area (Å²) >= 11 is -2.61. The molecule has 0 rings (SSSR count). The molecule has 0 atom stereocenters. The van der Waals surface area contributed by atoms with Crippen LogP contribution in [0.4, 0.5) is 4.79 Å². The zero-order valence-electron chi connectivity index (χ0n) is 5.44. The summed E-state index contributed by atoms with van der Waals surface area (Å²) in [6.07, 6.45) is -2.33. The SMILES string of the molecule is O=C([O-])[O-].O=S(O)O.[K+].[Na+]. The molecule has 2 N–H and O–H groups in total. The fraction of sp³-hybridized carbons (Fsp3) is 0. The second kappa shape index (κ2) is 17.2. The predicted octanol–water partition coefficient (Wildman–Crippen LogP) is -8.76. The van der Waals surface area contributed by atoms with Crippen molar-refractivity contribution < 1.29 is 109 Å². The van der Waals surface area contributed by atoms with E-state index in [0.717, 1.165) is 0 Å². The van der Waals surface area contributed by atoms with Gasteiger partial charge < -0.3 is 15.0 Å². The zero-order chi connectivity index (χ0) is 7.15. The van der Waals surface area contributed by atoms with Crippen LogP contribution in [0.3, 0.4) is 0 Å². The quantitative estimate of drug-likeness (QED) is 0.298. The maximum atomic E-state index is 8.67. The molecule has 0 saturated carbocycles. The van der Waals surface area contributed by atoms with Gasteiger partial charge in [0, 0.05) is 0 Å². The molecular formula is CH2KNaO6S. The first-order valence-electron chi connectivity index (χ1n) is 1.14. The Hall–Kier alpha value is 1.98. The van der Waals surface area contributed by atoms with Gasteiger partial charge in [0.15, 0.2) is 0 Å². The molecule has 0 heterocycles. The Labute approximate surface area is 124 Å². The van der Waals surface area contributed by atoms with Gasteiger partial charge in [-0.3, -0.25) is 9.11 Å². The third kappa shape index (κ3) is 206. The van der Waals surface area contributed by atoms with E-state index < -0.39 is 17.5 Å². The maximum Gasteiger partial charge on any atom is 1.00 e. The largest absolute Gasteiger partial charge is 1.00 e. The third-order valence-electron chi connectivity index (χ3n) is 0. The van der Waals surface area contributed by atoms with Crippen molar-refractivity contribution in [2.75, 3.05) is 0 Å². The molecule has 0 aromatic carbocycles. The normalized spacial score (nSPS) is 5.90. The van der Waals surface area contributed by atoms with Gasteiger partial charge in [-0.1, -0.05) is 0 Å². The van der Waals surface area contributed by atoms with Crippen LogP contribution < -0.4 is 91.2 Å². The summed E-state index contributed by atoms with van der Waals surface area (Å²) in [6, 6.07) is 0.